The highest BCUT2D eigenvalue weighted by molar-refractivity contribution is 6.69. The van der Waals surface area contributed by atoms with Crippen molar-refractivity contribution in [2.24, 2.45) is 5.10 Å². The van der Waals surface area contributed by atoms with E-state index in [1.54, 1.807) is 14.2 Å². The Morgan fingerprint density at radius 3 is 2.40 bits per heavy atom. The molecule has 138 valence electrons. The molecule has 1 atom stereocenters. The fraction of sp³-hybridized carbons (Fsp3) is 0.556. The lowest BCUT2D eigenvalue weighted by Gasteiger charge is -2.28. The van der Waals surface area contributed by atoms with Gasteiger partial charge in [0.25, 0.3) is 0 Å². The molecule has 0 aromatic heterocycles. The van der Waals surface area contributed by atoms with Crippen molar-refractivity contribution >= 4 is 19.9 Å². The van der Waals surface area contributed by atoms with Gasteiger partial charge in [0.15, 0.2) is 19.8 Å². The molecule has 0 bridgehead atoms. The normalized spacial score (nSPS) is 16.0. The third kappa shape index (κ3) is 6.17. The Morgan fingerprint density at radius 1 is 1.12 bits per heavy atom. The van der Waals surface area contributed by atoms with E-state index in [4.69, 9.17) is 13.9 Å². The largest absolute Gasteiger partial charge is 0.493 e. The maximum atomic E-state index is 11.3. The van der Waals surface area contributed by atoms with Gasteiger partial charge in [0.2, 0.25) is 5.91 Å². The van der Waals surface area contributed by atoms with E-state index in [2.05, 4.69) is 30.2 Å². The Balaban J connectivity index is 2.14. The molecule has 1 N–H and O–H groups in total. The number of hydrogen-bond acceptors (Lipinski definition) is 5. The van der Waals surface area contributed by atoms with Crippen LogP contribution >= 0.6 is 0 Å². The number of benzene rings is 1. The zero-order valence-electron chi connectivity index (χ0n) is 15.7. The minimum absolute atomic E-state index is 0.0219. The Labute approximate surface area is 150 Å². The third-order valence-electron chi connectivity index (χ3n) is 3.87. The fourth-order valence-electron chi connectivity index (χ4n) is 2.85. The lowest BCUT2D eigenvalue weighted by Crippen LogP contribution is -2.36. The lowest BCUT2D eigenvalue weighted by molar-refractivity contribution is -0.121. The number of ether oxygens (including phenoxy) is 2. The van der Waals surface area contributed by atoms with E-state index in [1.807, 2.05) is 18.2 Å². The Kier molecular flexibility index (Phi) is 6.61. The molecule has 1 aliphatic rings. The van der Waals surface area contributed by atoms with Gasteiger partial charge < -0.3 is 13.9 Å². The molecule has 0 aliphatic carbocycles. The van der Waals surface area contributed by atoms with Crippen molar-refractivity contribution in [3.63, 3.8) is 0 Å². The SMILES string of the molecule is COc1ccc(CC(CC2=NNC(=O)CC2)O[Si](C)(C)C)cc1OC. The van der Waals surface area contributed by atoms with Gasteiger partial charge in [-0.15, -0.1) is 0 Å². The first kappa shape index (κ1) is 19.5. The van der Waals surface area contributed by atoms with Gasteiger partial charge in [-0.1, -0.05) is 6.07 Å². The predicted molar refractivity (Wildman–Crippen MR) is 101 cm³/mol. The average Bonchev–Trinajstić information content (AvgIpc) is 2.55. The first-order valence-corrected chi connectivity index (χ1v) is 11.9. The van der Waals surface area contributed by atoms with Crippen LogP contribution in [0.5, 0.6) is 11.5 Å². The summed E-state index contributed by atoms with van der Waals surface area (Å²) in [5, 5.41) is 4.19. The van der Waals surface area contributed by atoms with E-state index in [0.29, 0.717) is 24.3 Å². The van der Waals surface area contributed by atoms with Crippen molar-refractivity contribution in [1.82, 2.24) is 5.43 Å². The van der Waals surface area contributed by atoms with E-state index in [1.165, 1.54) is 0 Å². The van der Waals surface area contributed by atoms with Gasteiger partial charge >= 0.3 is 0 Å². The van der Waals surface area contributed by atoms with E-state index in [-0.39, 0.29) is 12.0 Å². The monoisotopic (exact) mass is 364 g/mol. The Bertz CT molecular complexity index is 640. The number of nitrogens with one attached hydrogen (secondary N) is 1. The third-order valence-corrected chi connectivity index (χ3v) is 4.91. The smallest absolute Gasteiger partial charge is 0.240 e. The van der Waals surface area contributed by atoms with E-state index >= 15 is 0 Å². The van der Waals surface area contributed by atoms with Crippen molar-refractivity contribution in [1.29, 1.82) is 0 Å². The average molecular weight is 365 g/mol. The molecule has 2 rings (SSSR count). The quantitative estimate of drug-likeness (QED) is 0.720. The summed E-state index contributed by atoms with van der Waals surface area (Å²) in [5.74, 6) is 1.41. The summed E-state index contributed by atoms with van der Waals surface area (Å²) in [7, 11) is 1.55. The molecule has 1 aromatic carbocycles. The molecule has 1 heterocycles. The van der Waals surface area contributed by atoms with Crippen molar-refractivity contribution in [2.45, 2.75) is 51.4 Å². The first-order chi connectivity index (χ1) is 11.8. The molecule has 6 nitrogen and oxygen atoms in total. The highest BCUT2D eigenvalue weighted by Crippen LogP contribution is 2.29. The molecule has 1 aromatic rings. The number of carbonyl (C=O) groups excluding carboxylic acids is 1. The lowest BCUT2D eigenvalue weighted by atomic mass is 10.0. The molecular weight excluding hydrogens is 336 g/mol. The second kappa shape index (κ2) is 8.49. The minimum atomic E-state index is -1.71. The molecule has 0 spiro atoms. The standard InChI is InChI=1S/C18H28N2O4Si/c1-22-16-8-6-13(11-17(16)23-2)10-15(24-25(3,4)5)12-14-7-9-18(21)20-19-14/h6,8,11,15H,7,9-10,12H2,1-5H3,(H,20,21). The van der Waals surface area contributed by atoms with Crippen LogP contribution in [0, 0.1) is 0 Å². The predicted octanol–water partition coefficient (Wildman–Crippen LogP) is 3.12. The molecule has 1 aliphatic heterocycles. The molecule has 7 heteroatoms. The van der Waals surface area contributed by atoms with E-state index in [9.17, 15) is 4.79 Å². The maximum absolute atomic E-state index is 11.3. The van der Waals surface area contributed by atoms with Crippen LogP contribution < -0.4 is 14.9 Å². The molecule has 25 heavy (non-hydrogen) atoms. The van der Waals surface area contributed by atoms with E-state index in [0.717, 1.165) is 24.1 Å². The number of rotatable bonds is 8. The number of nitrogens with zero attached hydrogens (tertiary/aromatic N) is 1. The summed E-state index contributed by atoms with van der Waals surface area (Å²) >= 11 is 0. The Hall–Kier alpha value is -1.86. The number of hydrazone groups is 1. The van der Waals surface area contributed by atoms with Crippen LogP contribution in [0.2, 0.25) is 19.6 Å². The van der Waals surface area contributed by atoms with Crippen molar-refractivity contribution in [2.75, 3.05) is 14.2 Å². The van der Waals surface area contributed by atoms with Crippen LogP contribution in [-0.2, 0) is 15.6 Å². The summed E-state index contributed by atoms with van der Waals surface area (Å²) in [5.41, 5.74) is 4.68. The summed E-state index contributed by atoms with van der Waals surface area (Å²) < 4.78 is 17.1. The van der Waals surface area contributed by atoms with Crippen LogP contribution in [-0.4, -0.2) is 40.3 Å². The fourth-order valence-corrected chi connectivity index (χ4v) is 4.01. The molecule has 1 amide bonds. The van der Waals surface area contributed by atoms with Gasteiger partial charge in [-0.2, -0.15) is 5.10 Å². The van der Waals surface area contributed by atoms with Crippen molar-refractivity contribution in [3.05, 3.63) is 23.8 Å². The van der Waals surface area contributed by atoms with Gasteiger partial charge in [0.1, 0.15) is 0 Å². The Morgan fingerprint density at radius 2 is 1.84 bits per heavy atom. The van der Waals surface area contributed by atoms with E-state index < -0.39 is 8.32 Å². The van der Waals surface area contributed by atoms with Gasteiger partial charge in [0, 0.05) is 18.6 Å². The molecular formula is C18H28N2O4Si. The van der Waals surface area contributed by atoms with Crippen LogP contribution in [0.25, 0.3) is 0 Å². The number of carbonyl (C=O) groups is 1. The second-order valence-corrected chi connectivity index (χ2v) is 11.6. The van der Waals surface area contributed by atoms with Crippen LogP contribution in [0.3, 0.4) is 0 Å². The molecule has 1 unspecified atom stereocenters. The number of hydrogen-bond donors (Lipinski definition) is 1. The highest BCUT2D eigenvalue weighted by Gasteiger charge is 2.24. The van der Waals surface area contributed by atoms with Crippen LogP contribution in [0.4, 0.5) is 0 Å². The summed E-state index contributed by atoms with van der Waals surface area (Å²) in [6, 6.07) is 5.94. The first-order valence-electron chi connectivity index (χ1n) is 8.53. The number of amides is 1. The van der Waals surface area contributed by atoms with Crippen LogP contribution in [0.15, 0.2) is 23.3 Å². The maximum Gasteiger partial charge on any atom is 0.240 e. The van der Waals surface area contributed by atoms with Gasteiger partial charge in [-0.3, -0.25) is 4.79 Å². The van der Waals surface area contributed by atoms with Gasteiger partial charge in [0.05, 0.1) is 20.3 Å². The molecule has 0 fully saturated rings. The van der Waals surface area contributed by atoms with Gasteiger partial charge in [-0.25, -0.2) is 5.43 Å². The highest BCUT2D eigenvalue weighted by atomic mass is 28.4. The van der Waals surface area contributed by atoms with Crippen molar-refractivity contribution < 1.29 is 18.7 Å². The molecule has 0 saturated carbocycles. The summed E-state index contributed by atoms with van der Waals surface area (Å²) in [4.78, 5) is 11.3. The van der Waals surface area contributed by atoms with Crippen molar-refractivity contribution in [3.8, 4) is 11.5 Å². The topological polar surface area (TPSA) is 69.2 Å². The minimum Gasteiger partial charge on any atom is -0.493 e. The summed E-state index contributed by atoms with van der Waals surface area (Å²) in [6.07, 6.45) is 2.70. The molecule has 0 radical (unpaired) electrons. The summed E-state index contributed by atoms with van der Waals surface area (Å²) in [6.45, 7) is 6.54. The zero-order chi connectivity index (χ0) is 18.4. The molecule has 0 saturated heterocycles. The van der Waals surface area contributed by atoms with Gasteiger partial charge in [-0.05, 0) is 50.2 Å². The number of methoxy groups -OCH3 is 2. The second-order valence-electron chi connectivity index (χ2n) is 7.16. The zero-order valence-corrected chi connectivity index (χ0v) is 16.7. The van der Waals surface area contributed by atoms with Crippen LogP contribution in [0.1, 0.15) is 24.8 Å².